The summed E-state index contributed by atoms with van der Waals surface area (Å²) in [4.78, 5) is 0.208. The minimum absolute atomic E-state index is 0.105. The van der Waals surface area contributed by atoms with Crippen LogP contribution in [0.3, 0.4) is 0 Å². The van der Waals surface area contributed by atoms with Crippen molar-refractivity contribution in [3.8, 4) is 0 Å². The second-order valence-electron chi connectivity index (χ2n) is 4.23. The first-order valence-corrected chi connectivity index (χ1v) is 6.69. The lowest BCUT2D eigenvalue weighted by Crippen LogP contribution is -2.36. The largest absolute Gasteiger partial charge is 0.399 e. The fourth-order valence-electron chi connectivity index (χ4n) is 1.13. The summed E-state index contributed by atoms with van der Waals surface area (Å²) in [5.41, 5.74) is 6.00. The van der Waals surface area contributed by atoms with E-state index in [2.05, 4.69) is 4.72 Å². The van der Waals surface area contributed by atoms with Crippen molar-refractivity contribution < 1.29 is 8.42 Å². The highest BCUT2D eigenvalue weighted by molar-refractivity contribution is 7.89. The van der Waals surface area contributed by atoms with Crippen molar-refractivity contribution in [3.63, 3.8) is 0 Å². The lowest BCUT2D eigenvalue weighted by atomic mass is 10.1. The number of anilines is 1. The van der Waals surface area contributed by atoms with Crippen LogP contribution in [0.25, 0.3) is 0 Å². The lowest BCUT2D eigenvalue weighted by molar-refractivity contribution is 0.476. The zero-order valence-corrected chi connectivity index (χ0v) is 10.6. The molecular formula is C11H18N2O2S. The van der Waals surface area contributed by atoms with Gasteiger partial charge in [-0.2, -0.15) is 0 Å². The summed E-state index contributed by atoms with van der Waals surface area (Å²) in [5, 5.41) is 0. The van der Waals surface area contributed by atoms with E-state index in [4.69, 9.17) is 5.73 Å². The molecule has 4 nitrogen and oxygen atoms in total. The summed E-state index contributed by atoms with van der Waals surface area (Å²) in [6.45, 7) is 5.77. The van der Waals surface area contributed by atoms with Gasteiger partial charge in [0, 0.05) is 11.7 Å². The maximum absolute atomic E-state index is 11.9. The van der Waals surface area contributed by atoms with Crippen molar-refractivity contribution in [2.75, 3.05) is 5.73 Å². The van der Waals surface area contributed by atoms with Crippen molar-refractivity contribution in [2.24, 2.45) is 5.92 Å². The highest BCUT2D eigenvalue weighted by atomic mass is 32.2. The molecule has 0 bridgehead atoms. The average molecular weight is 242 g/mol. The van der Waals surface area contributed by atoms with Gasteiger partial charge in [-0.25, -0.2) is 13.1 Å². The van der Waals surface area contributed by atoms with Gasteiger partial charge in [-0.15, -0.1) is 0 Å². The molecule has 16 heavy (non-hydrogen) atoms. The van der Waals surface area contributed by atoms with E-state index >= 15 is 0 Å². The van der Waals surface area contributed by atoms with Gasteiger partial charge in [0.2, 0.25) is 10.0 Å². The van der Waals surface area contributed by atoms with E-state index < -0.39 is 10.0 Å². The molecule has 0 amide bonds. The Labute approximate surface area is 96.9 Å². The van der Waals surface area contributed by atoms with Crippen LogP contribution in [0.4, 0.5) is 5.69 Å². The van der Waals surface area contributed by atoms with Crippen molar-refractivity contribution in [1.82, 2.24) is 4.72 Å². The minimum Gasteiger partial charge on any atom is -0.399 e. The van der Waals surface area contributed by atoms with Gasteiger partial charge in [0.15, 0.2) is 0 Å². The molecule has 0 heterocycles. The first kappa shape index (κ1) is 13.0. The maximum Gasteiger partial charge on any atom is 0.240 e. The number of benzene rings is 1. The third kappa shape index (κ3) is 3.21. The zero-order chi connectivity index (χ0) is 12.3. The Morgan fingerprint density at radius 3 is 2.38 bits per heavy atom. The van der Waals surface area contributed by atoms with Crippen LogP contribution in [0, 0.1) is 5.92 Å². The summed E-state index contributed by atoms with van der Waals surface area (Å²) in [7, 11) is -3.46. The molecular weight excluding hydrogens is 224 g/mol. The molecule has 3 N–H and O–H groups in total. The molecule has 0 aliphatic heterocycles. The Bertz CT molecular complexity index is 455. The van der Waals surface area contributed by atoms with E-state index in [1.165, 1.54) is 12.1 Å². The summed E-state index contributed by atoms with van der Waals surface area (Å²) in [6, 6.07) is 6.17. The van der Waals surface area contributed by atoms with Crippen molar-refractivity contribution in [3.05, 3.63) is 24.3 Å². The van der Waals surface area contributed by atoms with Crippen LogP contribution in [0.15, 0.2) is 29.2 Å². The maximum atomic E-state index is 11.9. The van der Waals surface area contributed by atoms with Crippen LogP contribution in [-0.4, -0.2) is 14.5 Å². The second-order valence-corrected chi connectivity index (χ2v) is 5.94. The van der Waals surface area contributed by atoms with E-state index in [9.17, 15) is 8.42 Å². The van der Waals surface area contributed by atoms with Gasteiger partial charge >= 0.3 is 0 Å². The molecule has 0 spiro atoms. The van der Waals surface area contributed by atoms with Crippen LogP contribution in [0.1, 0.15) is 20.8 Å². The van der Waals surface area contributed by atoms with Gasteiger partial charge in [0.25, 0.3) is 0 Å². The minimum atomic E-state index is -3.46. The van der Waals surface area contributed by atoms with Crippen molar-refractivity contribution in [2.45, 2.75) is 31.7 Å². The number of nitrogens with one attached hydrogen (secondary N) is 1. The molecule has 0 radical (unpaired) electrons. The number of rotatable bonds is 4. The van der Waals surface area contributed by atoms with Crippen LogP contribution in [-0.2, 0) is 10.0 Å². The summed E-state index contributed by atoms with van der Waals surface area (Å²) < 4.78 is 26.5. The fraction of sp³-hybridized carbons (Fsp3) is 0.455. The highest BCUT2D eigenvalue weighted by Gasteiger charge is 2.18. The molecule has 1 aromatic carbocycles. The number of hydrogen-bond donors (Lipinski definition) is 2. The Morgan fingerprint density at radius 1 is 1.25 bits per heavy atom. The van der Waals surface area contributed by atoms with E-state index in [1.54, 1.807) is 12.1 Å². The smallest absolute Gasteiger partial charge is 0.240 e. The molecule has 1 atom stereocenters. The molecule has 0 aliphatic rings. The lowest BCUT2D eigenvalue weighted by Gasteiger charge is -2.17. The molecule has 90 valence electrons. The predicted octanol–water partition coefficient (Wildman–Crippen LogP) is 1.59. The van der Waals surface area contributed by atoms with Crippen molar-refractivity contribution >= 4 is 15.7 Å². The molecule has 0 fully saturated rings. The monoisotopic (exact) mass is 242 g/mol. The Morgan fingerprint density at radius 2 is 1.88 bits per heavy atom. The van der Waals surface area contributed by atoms with Crippen LogP contribution in [0.2, 0.25) is 0 Å². The summed E-state index contributed by atoms with van der Waals surface area (Å²) >= 11 is 0. The Balaban J connectivity index is 2.95. The molecule has 0 aromatic heterocycles. The van der Waals surface area contributed by atoms with Gasteiger partial charge in [-0.05, 0) is 31.0 Å². The molecule has 0 aliphatic carbocycles. The number of hydrogen-bond acceptors (Lipinski definition) is 3. The predicted molar refractivity (Wildman–Crippen MR) is 65.5 cm³/mol. The van der Waals surface area contributed by atoms with Gasteiger partial charge < -0.3 is 5.73 Å². The van der Waals surface area contributed by atoms with Crippen LogP contribution < -0.4 is 10.5 Å². The molecule has 5 heteroatoms. The first-order valence-electron chi connectivity index (χ1n) is 5.21. The third-order valence-electron chi connectivity index (χ3n) is 2.51. The van der Waals surface area contributed by atoms with Gasteiger partial charge in [0.1, 0.15) is 0 Å². The normalized spacial score (nSPS) is 14.0. The average Bonchev–Trinajstić information content (AvgIpc) is 2.17. The van der Waals surface area contributed by atoms with Gasteiger partial charge in [-0.3, -0.25) is 0 Å². The standard InChI is InChI=1S/C11H18N2O2S/c1-8(2)9(3)13-16(14,15)11-6-4-5-10(12)7-11/h4-9,13H,12H2,1-3H3. The Kier molecular flexibility index (Phi) is 3.93. The van der Waals surface area contributed by atoms with Crippen molar-refractivity contribution in [1.29, 1.82) is 0 Å². The van der Waals surface area contributed by atoms with E-state index in [0.717, 1.165) is 0 Å². The molecule has 1 aromatic rings. The topological polar surface area (TPSA) is 72.2 Å². The number of nitrogens with two attached hydrogens (primary N) is 1. The molecule has 0 saturated heterocycles. The zero-order valence-electron chi connectivity index (χ0n) is 9.77. The second kappa shape index (κ2) is 4.84. The Hall–Kier alpha value is -1.07. The SMILES string of the molecule is CC(C)C(C)NS(=O)(=O)c1cccc(N)c1. The number of nitrogen functional groups attached to an aromatic ring is 1. The fourth-order valence-corrected chi connectivity index (χ4v) is 2.58. The molecule has 1 unspecified atom stereocenters. The van der Waals surface area contributed by atoms with Crippen LogP contribution in [0.5, 0.6) is 0 Å². The summed E-state index contributed by atoms with van der Waals surface area (Å²) in [5.74, 6) is 0.246. The summed E-state index contributed by atoms with van der Waals surface area (Å²) in [6.07, 6.45) is 0. The molecule has 0 saturated carbocycles. The van der Waals surface area contributed by atoms with Crippen LogP contribution >= 0.6 is 0 Å². The highest BCUT2D eigenvalue weighted by Crippen LogP contribution is 2.14. The molecule has 1 rings (SSSR count). The van der Waals surface area contributed by atoms with E-state index in [1.807, 2.05) is 20.8 Å². The van der Waals surface area contributed by atoms with E-state index in [-0.39, 0.29) is 16.9 Å². The number of sulfonamides is 1. The third-order valence-corrected chi connectivity index (χ3v) is 4.07. The van der Waals surface area contributed by atoms with Gasteiger partial charge in [0.05, 0.1) is 4.90 Å². The quantitative estimate of drug-likeness (QED) is 0.788. The first-order chi connectivity index (χ1) is 7.33. The van der Waals surface area contributed by atoms with Gasteiger partial charge in [-0.1, -0.05) is 19.9 Å². The van der Waals surface area contributed by atoms with E-state index in [0.29, 0.717) is 5.69 Å².